The molecule has 3 rings (SSSR count). The number of rotatable bonds is 2. The molecule has 5 heteroatoms. The maximum Gasteiger partial charge on any atom is 0.343 e. The van der Waals surface area contributed by atoms with Gasteiger partial charge in [0, 0.05) is 12.1 Å². The van der Waals surface area contributed by atoms with E-state index in [-0.39, 0.29) is 11.5 Å². The first-order chi connectivity index (χ1) is 10.1. The average molecular weight is 300 g/mol. The minimum Gasteiger partial charge on any atom is -0.465 e. The van der Waals surface area contributed by atoms with Gasteiger partial charge in [0.2, 0.25) is 9.60 Å². The Balaban J connectivity index is 2.40. The van der Waals surface area contributed by atoms with Crippen molar-refractivity contribution in [2.24, 2.45) is 7.05 Å². The third-order valence-corrected chi connectivity index (χ3v) is 5.65. The zero-order valence-electron chi connectivity index (χ0n) is 11.7. The molecule has 4 nitrogen and oxygen atoms in total. The molecule has 0 aliphatic heterocycles. The summed E-state index contributed by atoms with van der Waals surface area (Å²) in [4.78, 5) is 25.1. The molecule has 0 amide bonds. The number of methoxy groups -OCH3 is 1. The van der Waals surface area contributed by atoms with Gasteiger partial charge < -0.3 is 4.74 Å². The van der Waals surface area contributed by atoms with Gasteiger partial charge in [-0.25, -0.2) is 4.79 Å². The van der Waals surface area contributed by atoms with Crippen LogP contribution in [0.3, 0.4) is 0 Å². The molecule has 0 spiro atoms. The zero-order chi connectivity index (χ0) is 15.0. The highest BCUT2D eigenvalue weighted by atomic mass is 32.2. The number of aromatic nitrogens is 1. The predicted molar refractivity (Wildman–Crippen MR) is 84.3 cm³/mol. The molecular formula is C16H14NO3S+. The average Bonchev–Trinajstić information content (AvgIpc) is 2.78. The summed E-state index contributed by atoms with van der Waals surface area (Å²) >= 11 is 0. The molecule has 21 heavy (non-hydrogen) atoms. The fraction of sp³-hybridized carbons (Fsp3) is 0.125. The molecule has 106 valence electrons. The molecule has 2 aromatic carbocycles. The molecule has 3 aromatic rings. The van der Waals surface area contributed by atoms with Crippen LogP contribution in [0, 0.1) is 0 Å². The van der Waals surface area contributed by atoms with Gasteiger partial charge in [0.1, 0.15) is 21.6 Å². The van der Waals surface area contributed by atoms with Gasteiger partial charge in [-0.3, -0.25) is 4.79 Å². The van der Waals surface area contributed by atoms with Crippen molar-refractivity contribution in [1.82, 2.24) is 3.96 Å². The van der Waals surface area contributed by atoms with Gasteiger partial charge >= 0.3 is 11.5 Å². The number of ether oxygens (including phenoxy) is 1. The van der Waals surface area contributed by atoms with E-state index in [9.17, 15) is 9.59 Å². The Morgan fingerprint density at radius 2 is 1.76 bits per heavy atom. The molecule has 1 heterocycles. The molecule has 0 N–H and O–H groups in total. The first-order valence-corrected chi connectivity index (χ1v) is 7.62. The summed E-state index contributed by atoms with van der Waals surface area (Å²) in [5, 5.41) is 0.697. The summed E-state index contributed by atoms with van der Waals surface area (Å²) in [6, 6.07) is 14.8. The van der Waals surface area contributed by atoms with E-state index in [4.69, 9.17) is 4.74 Å². The van der Waals surface area contributed by atoms with E-state index in [0.717, 1.165) is 9.60 Å². The third-order valence-electron chi connectivity index (χ3n) is 3.39. The van der Waals surface area contributed by atoms with Crippen LogP contribution in [0.2, 0.25) is 0 Å². The van der Waals surface area contributed by atoms with E-state index in [1.54, 1.807) is 23.1 Å². The molecule has 0 aliphatic rings. The van der Waals surface area contributed by atoms with E-state index >= 15 is 0 Å². The smallest absolute Gasteiger partial charge is 0.343 e. The van der Waals surface area contributed by atoms with E-state index in [0.29, 0.717) is 10.9 Å². The topological polar surface area (TPSA) is 48.3 Å². The molecule has 1 unspecified atom stereocenters. The number of hydrogen-bond donors (Lipinski definition) is 0. The lowest BCUT2D eigenvalue weighted by Gasteiger charge is -2.01. The molecule has 1 atom stereocenters. The van der Waals surface area contributed by atoms with Crippen LogP contribution in [0.4, 0.5) is 0 Å². The predicted octanol–water partition coefficient (Wildman–Crippen LogP) is 3.06. The monoisotopic (exact) mass is 300 g/mol. The van der Waals surface area contributed by atoms with Crippen molar-refractivity contribution < 1.29 is 9.53 Å². The van der Waals surface area contributed by atoms with Crippen LogP contribution < -0.4 is 5.56 Å². The second-order valence-electron chi connectivity index (χ2n) is 4.57. The number of fused-ring (bicyclic) bond motifs is 1. The zero-order valence-corrected chi connectivity index (χ0v) is 12.5. The Morgan fingerprint density at radius 1 is 1.10 bits per heavy atom. The number of benzene rings is 2. The number of carbonyl (C=O) groups excluding carboxylic acids is 1. The summed E-state index contributed by atoms with van der Waals surface area (Å²) in [5.74, 6) is -0.386. The molecule has 0 aliphatic carbocycles. The summed E-state index contributed by atoms with van der Waals surface area (Å²) < 4.78 is 7.48. The summed E-state index contributed by atoms with van der Waals surface area (Å²) in [7, 11) is 2.53. The van der Waals surface area contributed by atoms with E-state index < -0.39 is 10.7 Å². The lowest BCUT2D eigenvalue weighted by molar-refractivity contribution is 0.0602. The van der Waals surface area contributed by atoms with Crippen molar-refractivity contribution in [3.63, 3.8) is 0 Å². The molecule has 0 bridgehead atoms. The fourth-order valence-electron chi connectivity index (χ4n) is 2.39. The van der Waals surface area contributed by atoms with E-state index in [2.05, 4.69) is 0 Å². The fourth-order valence-corrected chi connectivity index (χ4v) is 4.62. The number of esters is 1. The van der Waals surface area contributed by atoms with Crippen LogP contribution in [0.25, 0.3) is 15.0 Å². The van der Waals surface area contributed by atoms with Gasteiger partial charge in [-0.05, 0) is 12.1 Å². The van der Waals surface area contributed by atoms with Crippen molar-refractivity contribution in [1.29, 1.82) is 0 Å². The number of hydrogen-bond acceptors (Lipinski definition) is 3. The maximum atomic E-state index is 12.3. The van der Waals surface area contributed by atoms with Crippen molar-refractivity contribution in [3.05, 3.63) is 64.4 Å². The van der Waals surface area contributed by atoms with Gasteiger partial charge in [0.15, 0.2) is 0 Å². The standard InChI is InChI=1S/C16H14NO3S/c1-17-15(18)11-7-3-5-9-13(11)21(17)14-10-6-4-8-12(14)16(19)20-2/h3-10H,1-2H3/q+1. The van der Waals surface area contributed by atoms with Gasteiger partial charge in [0.05, 0.1) is 14.2 Å². The van der Waals surface area contributed by atoms with Crippen LogP contribution in [0.15, 0.2) is 53.3 Å². The molecular weight excluding hydrogens is 286 g/mol. The highest BCUT2D eigenvalue weighted by molar-refractivity contribution is 7.41. The molecule has 0 saturated carbocycles. The van der Waals surface area contributed by atoms with Crippen molar-refractivity contribution in [3.8, 4) is 4.90 Å². The van der Waals surface area contributed by atoms with Crippen molar-refractivity contribution >= 4 is 26.7 Å². The SMILES string of the molecule is COC(=O)c1ccccc1-[s+]1c2ccccc2c(=O)n1C. The van der Waals surface area contributed by atoms with Gasteiger partial charge in [-0.2, -0.15) is 0 Å². The Bertz CT molecular complexity index is 892. The first-order valence-electron chi connectivity index (χ1n) is 6.44. The lowest BCUT2D eigenvalue weighted by atomic mass is 10.2. The van der Waals surface area contributed by atoms with Crippen LogP contribution in [-0.4, -0.2) is 17.0 Å². The second-order valence-corrected chi connectivity index (χ2v) is 6.57. The minimum absolute atomic E-state index is 0.0198. The Labute approximate surface area is 124 Å². The van der Waals surface area contributed by atoms with Crippen LogP contribution in [-0.2, 0) is 11.8 Å². The van der Waals surface area contributed by atoms with Crippen molar-refractivity contribution in [2.75, 3.05) is 7.11 Å². The number of carbonyl (C=O) groups is 1. The normalized spacial score (nSPS) is 11.6. The highest BCUT2D eigenvalue weighted by Gasteiger charge is 2.28. The minimum atomic E-state index is -0.591. The largest absolute Gasteiger partial charge is 0.465 e. The van der Waals surface area contributed by atoms with Crippen molar-refractivity contribution in [2.45, 2.75) is 0 Å². The van der Waals surface area contributed by atoms with Crippen LogP contribution in [0.1, 0.15) is 10.4 Å². The van der Waals surface area contributed by atoms with Crippen LogP contribution >= 0.6 is 10.7 Å². The Hall–Kier alpha value is -2.40. The van der Waals surface area contributed by atoms with Gasteiger partial charge in [-0.1, -0.05) is 24.3 Å². The quantitative estimate of drug-likeness (QED) is 0.540. The van der Waals surface area contributed by atoms with Gasteiger partial charge in [-0.15, -0.1) is 3.96 Å². The molecule has 0 fully saturated rings. The highest BCUT2D eigenvalue weighted by Crippen LogP contribution is 2.38. The van der Waals surface area contributed by atoms with Gasteiger partial charge in [0.25, 0.3) is 0 Å². The Kier molecular flexibility index (Phi) is 3.35. The molecule has 0 saturated heterocycles. The third kappa shape index (κ3) is 2.06. The lowest BCUT2D eigenvalue weighted by Crippen LogP contribution is -2.10. The second kappa shape index (κ2) is 5.18. The summed E-state index contributed by atoms with van der Waals surface area (Å²) in [5.41, 5.74) is 0.480. The Morgan fingerprint density at radius 3 is 2.52 bits per heavy atom. The summed E-state index contributed by atoms with van der Waals surface area (Å²) in [6.07, 6.45) is 0. The number of nitrogens with zero attached hydrogens (tertiary/aromatic N) is 1. The van der Waals surface area contributed by atoms with Crippen LogP contribution in [0.5, 0.6) is 0 Å². The summed E-state index contributed by atoms with van der Waals surface area (Å²) in [6.45, 7) is 0. The maximum absolute atomic E-state index is 12.3. The first kappa shape index (κ1) is 13.6. The van der Waals surface area contributed by atoms with E-state index in [1.165, 1.54) is 7.11 Å². The molecule has 1 aromatic heterocycles. The van der Waals surface area contributed by atoms with E-state index in [1.807, 2.05) is 36.4 Å². The molecule has 0 radical (unpaired) electrons.